The van der Waals surface area contributed by atoms with Gasteiger partial charge in [0.05, 0.1) is 23.4 Å². The second-order valence-electron chi connectivity index (χ2n) is 9.29. The van der Waals surface area contributed by atoms with Crippen molar-refractivity contribution >= 4 is 31.6 Å². The third kappa shape index (κ3) is 7.93. The first-order valence-electron chi connectivity index (χ1n) is 12.5. The van der Waals surface area contributed by atoms with E-state index in [0.29, 0.717) is 30.9 Å². The quantitative estimate of drug-likeness (QED) is 0.405. The molecule has 0 unspecified atom stereocenters. The minimum Gasteiger partial charge on any atom is -0.492 e. The molecule has 0 aromatic heterocycles. The number of nitrogens with one attached hydrogen (secondary N) is 1. The molecule has 0 radical (unpaired) electrons. The molecule has 1 fully saturated rings. The van der Waals surface area contributed by atoms with Gasteiger partial charge in [-0.2, -0.15) is 4.31 Å². The van der Waals surface area contributed by atoms with Gasteiger partial charge in [0.1, 0.15) is 12.4 Å². The van der Waals surface area contributed by atoms with Gasteiger partial charge in [0.15, 0.2) is 0 Å². The van der Waals surface area contributed by atoms with E-state index in [2.05, 4.69) is 5.32 Å². The number of ether oxygens (including phenoxy) is 1. The van der Waals surface area contributed by atoms with Crippen molar-refractivity contribution in [2.45, 2.75) is 50.8 Å². The molecule has 0 aliphatic carbocycles. The lowest BCUT2D eigenvalue weighted by molar-refractivity contribution is -0.121. The number of carbonyl (C=O) groups excluding carboxylic acids is 1. The highest BCUT2D eigenvalue weighted by Crippen LogP contribution is 2.25. The van der Waals surface area contributed by atoms with Gasteiger partial charge in [0.25, 0.3) is 0 Å². The van der Waals surface area contributed by atoms with Crippen LogP contribution in [0, 0.1) is 13.8 Å². The average Bonchev–Trinajstić information content (AvgIpc) is 2.86. The van der Waals surface area contributed by atoms with E-state index in [4.69, 9.17) is 4.74 Å². The first-order chi connectivity index (χ1) is 17.5. The summed E-state index contributed by atoms with van der Waals surface area (Å²) in [7, 11) is -6.97. The van der Waals surface area contributed by atoms with E-state index in [1.54, 1.807) is 30.3 Å². The van der Waals surface area contributed by atoms with Crippen LogP contribution in [0.25, 0.3) is 0 Å². The Morgan fingerprint density at radius 1 is 1.00 bits per heavy atom. The maximum absolute atomic E-state index is 12.7. The van der Waals surface area contributed by atoms with Gasteiger partial charge in [-0.3, -0.25) is 9.10 Å². The zero-order valence-electron chi connectivity index (χ0n) is 21.8. The fourth-order valence-electron chi connectivity index (χ4n) is 4.26. The fraction of sp³-hybridized carbons (Fsp3) is 0.500. The Morgan fingerprint density at radius 2 is 1.68 bits per heavy atom. The van der Waals surface area contributed by atoms with Gasteiger partial charge in [0, 0.05) is 26.1 Å². The van der Waals surface area contributed by atoms with Crippen molar-refractivity contribution in [3.8, 4) is 5.75 Å². The summed E-state index contributed by atoms with van der Waals surface area (Å²) in [5.41, 5.74) is 2.53. The third-order valence-corrected chi connectivity index (χ3v) is 9.57. The molecule has 204 valence electrons. The first-order valence-corrected chi connectivity index (χ1v) is 15.8. The number of amides is 1. The van der Waals surface area contributed by atoms with E-state index < -0.39 is 20.0 Å². The Hall–Kier alpha value is -2.63. The standard InChI is InChI=1S/C26H37N3O6S2/c1-21-9-7-10-25(22(21)2)29(36(3,31)32)19-8-11-26(30)27-16-20-35-23-12-14-24(15-13-23)37(33,34)28-17-5-4-6-18-28/h7,9-10,12-15H,4-6,8,11,16-20H2,1-3H3,(H,27,30). The molecule has 2 aromatic rings. The molecular weight excluding hydrogens is 514 g/mol. The molecule has 1 N–H and O–H groups in total. The minimum atomic E-state index is -3.48. The van der Waals surface area contributed by atoms with Crippen molar-refractivity contribution in [3.05, 3.63) is 53.6 Å². The number of sulfonamides is 2. The second kappa shape index (κ2) is 12.7. The summed E-state index contributed by atoms with van der Waals surface area (Å²) in [5, 5.41) is 2.77. The van der Waals surface area contributed by atoms with Crippen molar-refractivity contribution in [2.75, 3.05) is 43.3 Å². The Kier molecular flexibility index (Phi) is 9.97. The number of nitrogens with zero attached hydrogens (tertiary/aromatic N) is 2. The van der Waals surface area contributed by atoms with Crippen LogP contribution in [0.2, 0.25) is 0 Å². The molecule has 1 aliphatic rings. The molecule has 0 bridgehead atoms. The zero-order valence-corrected chi connectivity index (χ0v) is 23.4. The van der Waals surface area contributed by atoms with Crippen LogP contribution in [0.3, 0.4) is 0 Å². The molecule has 0 saturated carbocycles. The van der Waals surface area contributed by atoms with Crippen LogP contribution in [0.1, 0.15) is 43.2 Å². The number of hydrogen-bond donors (Lipinski definition) is 1. The van der Waals surface area contributed by atoms with Crippen LogP contribution < -0.4 is 14.4 Å². The molecule has 0 spiro atoms. The van der Waals surface area contributed by atoms with Crippen LogP contribution in [-0.2, 0) is 24.8 Å². The normalized spacial score (nSPS) is 14.8. The Labute approximate surface area is 220 Å². The molecule has 2 aromatic carbocycles. The molecule has 3 rings (SSSR count). The minimum absolute atomic E-state index is 0.180. The van der Waals surface area contributed by atoms with Gasteiger partial charge in [-0.25, -0.2) is 16.8 Å². The lowest BCUT2D eigenvalue weighted by Gasteiger charge is -2.25. The molecule has 0 atom stereocenters. The van der Waals surface area contributed by atoms with E-state index in [0.717, 1.165) is 30.4 Å². The summed E-state index contributed by atoms with van der Waals surface area (Å²) in [6.07, 6.45) is 4.55. The average molecular weight is 552 g/mol. The van der Waals surface area contributed by atoms with Crippen LogP contribution in [0.4, 0.5) is 5.69 Å². The van der Waals surface area contributed by atoms with Gasteiger partial charge in [-0.1, -0.05) is 18.6 Å². The fourth-order valence-corrected chi connectivity index (χ4v) is 6.80. The van der Waals surface area contributed by atoms with Crippen molar-refractivity contribution in [3.63, 3.8) is 0 Å². The van der Waals surface area contributed by atoms with E-state index in [9.17, 15) is 21.6 Å². The summed E-state index contributed by atoms with van der Waals surface area (Å²) in [6.45, 7) is 5.63. The smallest absolute Gasteiger partial charge is 0.243 e. The summed E-state index contributed by atoms with van der Waals surface area (Å²) >= 11 is 0. The first kappa shape index (κ1) is 28.9. The van der Waals surface area contributed by atoms with Gasteiger partial charge >= 0.3 is 0 Å². The van der Waals surface area contributed by atoms with Crippen molar-refractivity contribution in [1.82, 2.24) is 9.62 Å². The summed E-state index contributed by atoms with van der Waals surface area (Å²) < 4.78 is 58.7. The van der Waals surface area contributed by atoms with Gasteiger partial charge in [-0.05, 0) is 74.6 Å². The molecule has 9 nitrogen and oxygen atoms in total. The molecule has 1 amide bonds. The predicted molar refractivity (Wildman–Crippen MR) is 145 cm³/mol. The van der Waals surface area contributed by atoms with Crippen LogP contribution >= 0.6 is 0 Å². The van der Waals surface area contributed by atoms with Crippen LogP contribution in [0.5, 0.6) is 5.75 Å². The lowest BCUT2D eigenvalue weighted by atomic mass is 10.1. The lowest BCUT2D eigenvalue weighted by Crippen LogP contribution is -2.35. The van der Waals surface area contributed by atoms with Crippen LogP contribution in [-0.4, -0.2) is 66.1 Å². The summed E-state index contributed by atoms with van der Waals surface area (Å²) in [4.78, 5) is 12.5. The highest BCUT2D eigenvalue weighted by Gasteiger charge is 2.25. The number of benzene rings is 2. The highest BCUT2D eigenvalue weighted by atomic mass is 32.2. The number of hydrogen-bond acceptors (Lipinski definition) is 6. The van der Waals surface area contributed by atoms with E-state index in [-0.39, 0.29) is 36.9 Å². The predicted octanol–water partition coefficient (Wildman–Crippen LogP) is 3.22. The SMILES string of the molecule is Cc1cccc(N(CCCC(=O)NCCOc2ccc(S(=O)(=O)N3CCCCC3)cc2)S(C)(=O)=O)c1C. The topological polar surface area (TPSA) is 113 Å². The van der Waals surface area contributed by atoms with E-state index >= 15 is 0 Å². The Balaban J connectivity index is 1.42. The van der Waals surface area contributed by atoms with Crippen LogP contribution in [0.15, 0.2) is 47.4 Å². The second-order valence-corrected chi connectivity index (χ2v) is 13.1. The largest absolute Gasteiger partial charge is 0.492 e. The Bertz CT molecular complexity index is 1270. The number of rotatable bonds is 12. The van der Waals surface area contributed by atoms with Crippen molar-refractivity contribution < 1.29 is 26.4 Å². The zero-order chi connectivity index (χ0) is 27.1. The Morgan fingerprint density at radius 3 is 2.32 bits per heavy atom. The van der Waals surface area contributed by atoms with E-state index in [1.807, 2.05) is 26.0 Å². The highest BCUT2D eigenvalue weighted by molar-refractivity contribution is 7.92. The van der Waals surface area contributed by atoms with Gasteiger partial charge in [-0.15, -0.1) is 0 Å². The number of anilines is 1. The summed E-state index contributed by atoms with van der Waals surface area (Å²) in [5.74, 6) is 0.324. The number of piperidine rings is 1. The van der Waals surface area contributed by atoms with Gasteiger partial charge < -0.3 is 10.1 Å². The maximum Gasteiger partial charge on any atom is 0.243 e. The molecular formula is C26H37N3O6S2. The van der Waals surface area contributed by atoms with E-state index in [1.165, 1.54) is 14.9 Å². The maximum atomic E-state index is 12.7. The summed E-state index contributed by atoms with van der Waals surface area (Å²) in [6, 6.07) is 11.8. The number of carbonyl (C=O) groups is 1. The van der Waals surface area contributed by atoms with Gasteiger partial charge in [0.2, 0.25) is 26.0 Å². The molecule has 1 heterocycles. The van der Waals surface area contributed by atoms with Crippen molar-refractivity contribution in [2.24, 2.45) is 0 Å². The molecule has 1 saturated heterocycles. The molecule has 11 heteroatoms. The van der Waals surface area contributed by atoms with Crippen molar-refractivity contribution in [1.29, 1.82) is 0 Å². The monoisotopic (exact) mass is 551 g/mol. The molecule has 1 aliphatic heterocycles. The number of aryl methyl sites for hydroxylation is 1. The third-order valence-electron chi connectivity index (χ3n) is 6.48. The molecule has 37 heavy (non-hydrogen) atoms.